The van der Waals surface area contributed by atoms with Crippen LogP contribution >= 0.6 is 0 Å². The van der Waals surface area contributed by atoms with E-state index in [2.05, 4.69) is 17.6 Å². The summed E-state index contributed by atoms with van der Waals surface area (Å²) in [6.07, 6.45) is -1.77. The molecule has 2 atom stereocenters. The molecule has 2 N–H and O–H groups in total. The van der Waals surface area contributed by atoms with Gasteiger partial charge in [0, 0.05) is 6.04 Å². The number of benzene rings is 1. The molecule has 0 heterocycles. The van der Waals surface area contributed by atoms with E-state index < -0.39 is 17.8 Å². The summed E-state index contributed by atoms with van der Waals surface area (Å²) in [4.78, 5) is 12.2. The zero-order valence-corrected chi connectivity index (χ0v) is 15.5. The van der Waals surface area contributed by atoms with Gasteiger partial charge in [0.15, 0.2) is 6.10 Å². The van der Waals surface area contributed by atoms with E-state index >= 15 is 0 Å². The highest BCUT2D eigenvalue weighted by Crippen LogP contribution is 2.46. The fourth-order valence-corrected chi connectivity index (χ4v) is 2.81. The second-order valence-electron chi connectivity index (χ2n) is 7.05. The molecule has 0 aromatic heterocycles. The van der Waals surface area contributed by atoms with Crippen LogP contribution in [0.1, 0.15) is 58.4 Å². The highest BCUT2D eigenvalue weighted by atomic mass is 19.4. The number of ether oxygens (including phenoxy) is 1. The van der Waals surface area contributed by atoms with Crippen molar-refractivity contribution in [2.24, 2.45) is 0 Å². The molecule has 1 saturated carbocycles. The maximum atomic E-state index is 12.7. The Labute approximate surface area is 152 Å². The molecule has 2 rings (SSSR count). The van der Waals surface area contributed by atoms with E-state index in [0.717, 1.165) is 44.6 Å². The largest absolute Gasteiger partial charge is 0.481 e. The van der Waals surface area contributed by atoms with Gasteiger partial charge in [0.25, 0.3) is 0 Å². The summed E-state index contributed by atoms with van der Waals surface area (Å²) in [7, 11) is 0. The number of halogens is 3. The van der Waals surface area contributed by atoms with Crippen LogP contribution in [-0.4, -0.2) is 24.4 Å². The molecule has 4 nitrogen and oxygen atoms in total. The molecular formula is C19H27F3N2O2. The molecule has 0 spiro atoms. The molecule has 0 saturated heterocycles. The lowest BCUT2D eigenvalue weighted by Gasteiger charge is -2.22. The van der Waals surface area contributed by atoms with Crippen molar-refractivity contribution in [3.63, 3.8) is 0 Å². The predicted octanol–water partition coefficient (Wildman–Crippen LogP) is 4.88. The maximum Gasteiger partial charge on any atom is 0.425 e. The minimum Gasteiger partial charge on any atom is -0.481 e. The molecule has 1 aliphatic carbocycles. The molecule has 0 radical (unpaired) electrons. The van der Waals surface area contributed by atoms with E-state index in [9.17, 15) is 18.0 Å². The average molecular weight is 372 g/mol. The van der Waals surface area contributed by atoms with Crippen LogP contribution in [0.15, 0.2) is 24.3 Å². The van der Waals surface area contributed by atoms with Crippen LogP contribution in [0.3, 0.4) is 0 Å². The summed E-state index contributed by atoms with van der Waals surface area (Å²) >= 11 is 0. The van der Waals surface area contributed by atoms with E-state index in [1.165, 1.54) is 6.07 Å². The van der Waals surface area contributed by atoms with E-state index in [4.69, 9.17) is 4.74 Å². The average Bonchev–Trinajstić information content (AvgIpc) is 3.32. The number of amides is 2. The van der Waals surface area contributed by atoms with Crippen molar-refractivity contribution >= 4 is 6.03 Å². The van der Waals surface area contributed by atoms with Crippen molar-refractivity contribution in [3.05, 3.63) is 29.8 Å². The lowest BCUT2D eigenvalue weighted by atomic mass is 10.0. The first-order valence-electron chi connectivity index (χ1n) is 9.09. The van der Waals surface area contributed by atoms with Crippen LogP contribution < -0.4 is 15.4 Å². The minimum absolute atomic E-state index is 0.0769. The third kappa shape index (κ3) is 5.54. The molecule has 2 amide bonds. The molecule has 0 bridgehead atoms. The maximum absolute atomic E-state index is 12.7. The zero-order valence-electron chi connectivity index (χ0n) is 15.5. The third-order valence-electron chi connectivity index (χ3n) is 4.63. The highest BCUT2D eigenvalue weighted by molar-refractivity contribution is 5.76. The Hall–Kier alpha value is -1.92. The Kier molecular flexibility index (Phi) is 6.42. The van der Waals surface area contributed by atoms with Gasteiger partial charge in [-0.15, -0.1) is 0 Å². The Morgan fingerprint density at radius 3 is 2.58 bits per heavy atom. The van der Waals surface area contributed by atoms with Gasteiger partial charge in [0.1, 0.15) is 5.75 Å². The van der Waals surface area contributed by atoms with Crippen LogP contribution in [0, 0.1) is 0 Å². The van der Waals surface area contributed by atoms with E-state index in [-0.39, 0.29) is 17.8 Å². The Bertz CT molecular complexity index is 615. The van der Waals surface area contributed by atoms with Crippen LogP contribution in [0.5, 0.6) is 5.75 Å². The summed E-state index contributed by atoms with van der Waals surface area (Å²) in [5.74, 6) is 0.150. The lowest BCUT2D eigenvalue weighted by molar-refractivity contribution is -0.189. The van der Waals surface area contributed by atoms with Crippen LogP contribution in [0.4, 0.5) is 18.0 Å². The summed E-state index contributed by atoms with van der Waals surface area (Å²) < 4.78 is 43.0. The number of carbonyl (C=O) groups excluding carboxylic acids is 1. The van der Waals surface area contributed by atoms with Gasteiger partial charge in [-0.25, -0.2) is 4.79 Å². The molecule has 1 aromatic rings. The number of hydrogen-bond acceptors (Lipinski definition) is 2. The van der Waals surface area contributed by atoms with Crippen molar-refractivity contribution in [1.29, 1.82) is 0 Å². The molecular weight excluding hydrogens is 345 g/mol. The molecule has 0 aliphatic heterocycles. The molecule has 1 aliphatic rings. The SMILES string of the molecule is CCCCC(C)NC(=O)NC1(c2cccc(OC(C)C(F)(F)F)c2)CC1. The smallest absolute Gasteiger partial charge is 0.425 e. The summed E-state index contributed by atoms with van der Waals surface area (Å²) in [5.41, 5.74) is 0.246. The van der Waals surface area contributed by atoms with Crippen molar-refractivity contribution in [1.82, 2.24) is 10.6 Å². The number of nitrogens with one attached hydrogen (secondary N) is 2. The number of carbonyl (C=O) groups is 1. The first kappa shape index (κ1) is 20.4. The standard InChI is InChI=1S/C19H27F3N2O2/c1-4-5-7-13(2)23-17(25)24-18(10-11-18)15-8-6-9-16(12-15)26-14(3)19(20,21)22/h6,8-9,12-14H,4-5,7,10-11H2,1-3H3,(H2,23,24,25). The normalized spacial score (nSPS) is 17.9. The van der Waals surface area contributed by atoms with Crippen LogP contribution in [-0.2, 0) is 5.54 Å². The van der Waals surface area contributed by atoms with Gasteiger partial charge >= 0.3 is 12.2 Å². The van der Waals surface area contributed by atoms with Crippen molar-refractivity contribution < 1.29 is 22.7 Å². The quantitative estimate of drug-likeness (QED) is 0.683. The fourth-order valence-electron chi connectivity index (χ4n) is 2.81. The molecule has 26 heavy (non-hydrogen) atoms. The first-order chi connectivity index (χ1) is 12.2. The van der Waals surface area contributed by atoms with Gasteiger partial charge in [-0.3, -0.25) is 0 Å². The molecule has 7 heteroatoms. The summed E-state index contributed by atoms with van der Waals surface area (Å²) in [6, 6.07) is 6.36. The third-order valence-corrected chi connectivity index (χ3v) is 4.63. The van der Waals surface area contributed by atoms with Gasteiger partial charge in [0.2, 0.25) is 0 Å². The van der Waals surface area contributed by atoms with Gasteiger partial charge in [0.05, 0.1) is 5.54 Å². The molecule has 2 unspecified atom stereocenters. The van der Waals surface area contributed by atoms with Crippen molar-refractivity contribution in [2.75, 3.05) is 0 Å². The molecule has 1 fully saturated rings. The van der Waals surface area contributed by atoms with Gasteiger partial charge in [-0.2, -0.15) is 13.2 Å². The summed E-state index contributed by atoms with van der Waals surface area (Å²) in [5, 5.41) is 5.89. The Morgan fingerprint density at radius 1 is 1.31 bits per heavy atom. The number of alkyl halides is 3. The first-order valence-corrected chi connectivity index (χ1v) is 9.09. The number of urea groups is 1. The monoisotopic (exact) mass is 372 g/mol. The van der Waals surface area contributed by atoms with E-state index in [1.54, 1.807) is 18.2 Å². The Balaban J connectivity index is 1.99. The van der Waals surface area contributed by atoms with Crippen molar-refractivity contribution in [3.8, 4) is 5.75 Å². The molecule has 1 aromatic carbocycles. The second kappa shape index (κ2) is 8.18. The number of hydrogen-bond donors (Lipinski definition) is 2. The highest BCUT2D eigenvalue weighted by Gasteiger charge is 2.46. The topological polar surface area (TPSA) is 50.4 Å². The fraction of sp³-hybridized carbons (Fsp3) is 0.632. The van der Waals surface area contributed by atoms with Gasteiger partial charge in [-0.05, 0) is 50.8 Å². The molecule has 146 valence electrons. The van der Waals surface area contributed by atoms with E-state index in [1.807, 2.05) is 6.92 Å². The number of unbranched alkanes of at least 4 members (excludes halogenated alkanes) is 1. The predicted molar refractivity (Wildman–Crippen MR) is 94.2 cm³/mol. The van der Waals surface area contributed by atoms with Crippen molar-refractivity contribution in [2.45, 2.75) is 76.7 Å². The van der Waals surface area contributed by atoms with Crippen LogP contribution in [0.25, 0.3) is 0 Å². The van der Waals surface area contributed by atoms with Gasteiger partial charge < -0.3 is 15.4 Å². The second-order valence-corrected chi connectivity index (χ2v) is 7.05. The van der Waals surface area contributed by atoms with Crippen LogP contribution in [0.2, 0.25) is 0 Å². The zero-order chi connectivity index (χ0) is 19.4. The lowest BCUT2D eigenvalue weighted by Crippen LogP contribution is -2.45. The number of rotatable bonds is 8. The Morgan fingerprint density at radius 2 is 2.00 bits per heavy atom. The van der Waals surface area contributed by atoms with E-state index in [0.29, 0.717) is 0 Å². The minimum atomic E-state index is -4.42. The summed E-state index contributed by atoms with van der Waals surface area (Å²) in [6.45, 7) is 5.03. The van der Waals surface area contributed by atoms with Gasteiger partial charge in [-0.1, -0.05) is 31.9 Å².